The molecule has 4 heterocycles. The van der Waals surface area contributed by atoms with Gasteiger partial charge < -0.3 is 89.2 Å². The molecule has 4 atom stereocenters. The summed E-state index contributed by atoms with van der Waals surface area (Å²) in [5.41, 5.74) is 8.90. The van der Waals surface area contributed by atoms with Gasteiger partial charge >= 0.3 is 24.2 Å². The van der Waals surface area contributed by atoms with Gasteiger partial charge in [0, 0.05) is 125 Å². The largest absolute Gasteiger partial charge is 0.445 e. The van der Waals surface area contributed by atoms with E-state index in [1.165, 1.54) is 43.0 Å². The third-order valence-corrected chi connectivity index (χ3v) is 19.9. The van der Waals surface area contributed by atoms with Gasteiger partial charge in [-0.1, -0.05) is 74.5 Å². The average molecular weight is 1580 g/mol. The van der Waals surface area contributed by atoms with E-state index in [1.807, 2.05) is 42.5 Å². The highest BCUT2D eigenvalue weighted by atomic mass is 35.5. The van der Waals surface area contributed by atoms with E-state index in [0.29, 0.717) is 96.9 Å². The minimum absolute atomic E-state index is 0.0270. The molecule has 0 fully saturated rings. The molecule has 9 rings (SSSR count). The lowest BCUT2D eigenvalue weighted by Gasteiger charge is -2.25. The smallest absolute Gasteiger partial charge is 0.415 e. The number of nitrogens with zero attached hydrogens (tertiary/aromatic N) is 5. The molecule has 0 spiro atoms. The zero-order valence-corrected chi connectivity index (χ0v) is 64.2. The number of urea groups is 1. The van der Waals surface area contributed by atoms with E-state index in [9.17, 15) is 52.7 Å². The fraction of sp³-hybridized carbons (Fsp3) is 0.442. The van der Waals surface area contributed by atoms with Crippen molar-refractivity contribution in [2.45, 2.75) is 70.6 Å². The van der Waals surface area contributed by atoms with Crippen molar-refractivity contribution in [2.24, 2.45) is 11.7 Å². The molecule has 6 aromatic rings. The molecule has 110 heavy (non-hydrogen) atoms. The number of alkyl halides is 2. The summed E-state index contributed by atoms with van der Waals surface area (Å²) in [6.07, 6.45) is 1.30. The van der Waals surface area contributed by atoms with E-state index >= 15 is 0 Å². The van der Waals surface area contributed by atoms with Crippen LogP contribution in [0.2, 0.25) is 0 Å². The minimum atomic E-state index is -1.11. The molecule has 0 bridgehead atoms. The lowest BCUT2D eigenvalue weighted by molar-refractivity contribution is -0.138. The number of imide groups is 1. The molecule has 1 aromatic heterocycles. The number of nitrogens with two attached hydrogens (primary N) is 1. The van der Waals surface area contributed by atoms with E-state index in [1.54, 1.807) is 78.2 Å². The summed E-state index contributed by atoms with van der Waals surface area (Å²) in [6, 6.07) is 24.9. The number of fused-ring (bicyclic) bond motifs is 6. The lowest BCUT2D eigenvalue weighted by atomic mass is 9.95. The number of primary amides is 1. The number of hydrogen-bond acceptors (Lipinski definition) is 21. The number of nitrogens with one attached hydrogen (secondary N) is 4. The van der Waals surface area contributed by atoms with Crippen LogP contribution in [0.5, 0.6) is 11.5 Å². The molecule has 4 unspecified atom stereocenters. The monoisotopic (exact) mass is 1580 g/mol. The van der Waals surface area contributed by atoms with Crippen LogP contribution in [0, 0.1) is 5.92 Å². The molecule has 0 radical (unpaired) electrons. The maximum atomic E-state index is 14.7. The molecule has 33 heteroatoms. The molecular formula is C77H92Cl2N10O20S. The summed E-state index contributed by atoms with van der Waals surface area (Å²) >= 11 is 14.2. The number of ether oxygens (including phenoxy) is 9. The van der Waals surface area contributed by atoms with Crippen LogP contribution >= 0.6 is 34.5 Å². The van der Waals surface area contributed by atoms with E-state index in [0.717, 1.165) is 38.1 Å². The predicted octanol–water partition coefficient (Wildman–Crippen LogP) is 8.07. The predicted molar refractivity (Wildman–Crippen MR) is 411 cm³/mol. The molecule has 5 aromatic carbocycles. The van der Waals surface area contributed by atoms with Gasteiger partial charge in [-0.15, -0.1) is 34.5 Å². The van der Waals surface area contributed by atoms with Crippen molar-refractivity contribution in [1.29, 1.82) is 0 Å². The van der Waals surface area contributed by atoms with Gasteiger partial charge in [0.2, 0.25) is 17.7 Å². The van der Waals surface area contributed by atoms with Gasteiger partial charge in [-0.3, -0.25) is 43.3 Å². The number of halogens is 2. The average Bonchev–Trinajstić information content (AvgIpc) is 1.59. The summed E-state index contributed by atoms with van der Waals surface area (Å²) in [7, 11) is 3.03. The number of esters is 1. The third-order valence-electron chi connectivity index (χ3n) is 18.1. The molecule has 6 N–H and O–H groups in total. The third kappa shape index (κ3) is 23.1. The number of hydrogen-bond donors (Lipinski definition) is 5. The van der Waals surface area contributed by atoms with Crippen LogP contribution in [0.15, 0.2) is 109 Å². The molecule has 3 aliphatic rings. The van der Waals surface area contributed by atoms with E-state index in [-0.39, 0.29) is 155 Å². The number of thiophene rings is 1. The second kappa shape index (κ2) is 41.8. The molecular weight excluding hydrogens is 1490 g/mol. The quantitative estimate of drug-likeness (QED) is 0.00794. The maximum absolute atomic E-state index is 14.7. The van der Waals surface area contributed by atoms with Crippen molar-refractivity contribution in [1.82, 2.24) is 30.7 Å². The Hall–Kier alpha value is -9.83. The Balaban J connectivity index is 0.686. The number of anilines is 3. The van der Waals surface area contributed by atoms with Crippen LogP contribution in [0.4, 0.5) is 31.4 Å². The van der Waals surface area contributed by atoms with Gasteiger partial charge in [-0.25, -0.2) is 14.4 Å². The standard InChI is InChI=1S/C77H92Cl2N10O20S/c1-48(2)70(84-65(91)24-29-101-31-33-103-35-37-105-39-40-106-38-36-104-34-32-102-30-28-87-66(92)22-23-67(87)93)72(95)83-58(15-10-25-81-75(80)98)71(94)82-53-18-16-50(17-19-53)47-107-76(99)85(4)26-27-86(5)77(100)109-62-42-60-69(57-14-9-7-12-55(57)62)52(44-79)46-89(60)74(97)64-21-20-63(110-64)73(96)88-45-51(43-78)68-56-13-8-6-11-54(56)61(41-59(68)88)108-49(3)90/h6-9,11-14,16-23,41-42,48,51-52,58,70H,10,15,24-40,43-47H2,1-5H3,(H,82,94)(H,83,95)(H,84,91)(H3,80,81,98). The van der Waals surface area contributed by atoms with Crippen LogP contribution in [-0.2, 0) is 68.5 Å². The number of amides is 11. The summed E-state index contributed by atoms with van der Waals surface area (Å²) < 4.78 is 50.2. The molecule has 590 valence electrons. The molecule has 11 amide bonds. The first-order valence-corrected chi connectivity index (χ1v) is 37.9. The fourth-order valence-electron chi connectivity index (χ4n) is 12.4. The van der Waals surface area contributed by atoms with E-state index in [4.69, 9.17) is 71.6 Å². The van der Waals surface area contributed by atoms with Crippen LogP contribution in [0.25, 0.3) is 21.5 Å². The van der Waals surface area contributed by atoms with Crippen LogP contribution in [0.1, 0.15) is 87.9 Å². The summed E-state index contributed by atoms with van der Waals surface area (Å²) in [5.74, 6) is -3.60. The second-order valence-corrected chi connectivity index (χ2v) is 28.0. The number of rotatable bonds is 42. The van der Waals surface area contributed by atoms with Gasteiger partial charge in [-0.05, 0) is 70.5 Å². The minimum Gasteiger partial charge on any atom is -0.445 e. The van der Waals surface area contributed by atoms with Gasteiger partial charge in [0.25, 0.3) is 23.6 Å². The first-order chi connectivity index (χ1) is 53.0. The normalized spacial score (nSPS) is 14.9. The topological polar surface area (TPSA) is 361 Å². The summed E-state index contributed by atoms with van der Waals surface area (Å²) in [5, 5.41) is 13.6. The number of benzene rings is 5. The SMILES string of the molecule is CC(=O)Oc1cc2c(c3ccccc13)C(CCl)CN2C(=O)c1ccc(C(=O)N2CC(CCl)c3c2cc(OC(=O)N(C)CCN(C)C(=O)OCc2ccc(NC(=O)C(CCCNC(N)=O)NC(=O)C(NC(=O)CCOCCOCCOCCOCCOCCOCCN4C(=O)C=CC4=O)C(C)C)cc2)c2ccccc32)s1. The van der Waals surface area contributed by atoms with Crippen molar-refractivity contribution in [3.8, 4) is 11.5 Å². The second-order valence-electron chi connectivity index (χ2n) is 26.3. The van der Waals surface area contributed by atoms with Crippen molar-refractivity contribution in [3.63, 3.8) is 0 Å². The van der Waals surface area contributed by atoms with Crippen molar-refractivity contribution < 1.29 is 95.4 Å². The fourth-order valence-corrected chi connectivity index (χ4v) is 13.9. The lowest BCUT2D eigenvalue weighted by Crippen LogP contribution is -2.54. The molecule has 3 aliphatic heterocycles. The van der Waals surface area contributed by atoms with Gasteiger partial charge in [0.1, 0.15) is 30.2 Å². The maximum Gasteiger partial charge on any atom is 0.415 e. The van der Waals surface area contributed by atoms with Gasteiger partial charge in [0.05, 0.1) is 107 Å². The zero-order chi connectivity index (χ0) is 78.8. The Kier molecular flexibility index (Phi) is 32.0. The Morgan fingerprint density at radius 1 is 0.591 bits per heavy atom. The Morgan fingerprint density at radius 3 is 1.55 bits per heavy atom. The van der Waals surface area contributed by atoms with Crippen molar-refractivity contribution in [2.75, 3.05) is 160 Å². The first-order valence-electron chi connectivity index (χ1n) is 36.0. The number of carbonyl (C=O) groups excluding carboxylic acids is 11. The summed E-state index contributed by atoms with van der Waals surface area (Å²) in [4.78, 5) is 151. The summed E-state index contributed by atoms with van der Waals surface area (Å²) in [6.45, 7) is 8.96. The molecule has 0 aliphatic carbocycles. The van der Waals surface area contributed by atoms with Crippen molar-refractivity contribution in [3.05, 3.63) is 136 Å². The molecule has 0 saturated carbocycles. The van der Waals surface area contributed by atoms with E-state index in [2.05, 4.69) is 21.3 Å². The zero-order valence-electron chi connectivity index (χ0n) is 61.9. The van der Waals surface area contributed by atoms with Gasteiger partial charge in [-0.2, -0.15) is 0 Å². The molecule has 0 saturated heterocycles. The van der Waals surface area contributed by atoms with Crippen molar-refractivity contribution >= 4 is 139 Å². The van der Waals surface area contributed by atoms with Crippen LogP contribution < -0.4 is 46.3 Å². The first kappa shape index (κ1) is 84.2. The van der Waals surface area contributed by atoms with Crippen LogP contribution in [-0.4, -0.2) is 237 Å². The Labute approximate surface area is 650 Å². The van der Waals surface area contributed by atoms with E-state index < -0.39 is 54.0 Å². The Morgan fingerprint density at radius 2 is 1.06 bits per heavy atom. The highest BCUT2D eigenvalue weighted by molar-refractivity contribution is 7.16. The Bertz CT molecular complexity index is 4280. The number of carbonyl (C=O) groups is 11. The number of likely N-dealkylation sites (N-methyl/N-ethyl adjacent to an activating group) is 2. The highest BCUT2D eigenvalue weighted by Crippen LogP contribution is 2.48. The van der Waals surface area contributed by atoms with Gasteiger partial charge in [0.15, 0.2) is 0 Å². The molecule has 30 nitrogen and oxygen atoms in total. The highest BCUT2D eigenvalue weighted by Gasteiger charge is 2.39. The van der Waals surface area contributed by atoms with Crippen LogP contribution in [0.3, 0.4) is 0 Å².